The fourth-order valence-corrected chi connectivity index (χ4v) is 7.81. The smallest absolute Gasteiger partial charge is 0.115 e. The first kappa shape index (κ1) is 22.6. The Balaban J connectivity index is 1.43. The second kappa shape index (κ2) is 9.94. The molecule has 0 radical (unpaired) electrons. The SMILES string of the molecule is CC12CCC3c4ccc(O)cc4CC(CCCCCCCCCBr)C3C1CCC2O. The van der Waals surface area contributed by atoms with Gasteiger partial charge in [0.05, 0.1) is 6.10 Å². The lowest BCUT2D eigenvalue weighted by Gasteiger charge is -2.53. The summed E-state index contributed by atoms with van der Waals surface area (Å²) in [4.78, 5) is 0. The van der Waals surface area contributed by atoms with Crippen LogP contribution < -0.4 is 0 Å². The molecule has 3 heteroatoms. The van der Waals surface area contributed by atoms with Crippen molar-refractivity contribution >= 4 is 15.9 Å². The Hall–Kier alpha value is -0.540. The number of aliphatic hydroxyl groups excluding tert-OH is 1. The van der Waals surface area contributed by atoms with Crippen LogP contribution in [0.15, 0.2) is 18.2 Å². The molecule has 2 saturated carbocycles. The highest BCUT2D eigenvalue weighted by Gasteiger charge is 2.56. The number of phenolic OH excluding ortho intramolecular Hbond substituents is 1. The summed E-state index contributed by atoms with van der Waals surface area (Å²) >= 11 is 3.53. The lowest BCUT2D eigenvalue weighted by Crippen LogP contribution is -2.47. The van der Waals surface area contributed by atoms with Crippen molar-refractivity contribution < 1.29 is 10.2 Å². The maximum atomic E-state index is 10.8. The van der Waals surface area contributed by atoms with Crippen LogP contribution in [0.5, 0.6) is 5.75 Å². The van der Waals surface area contributed by atoms with Gasteiger partial charge in [0.1, 0.15) is 5.75 Å². The highest BCUT2D eigenvalue weighted by molar-refractivity contribution is 9.09. The van der Waals surface area contributed by atoms with E-state index in [9.17, 15) is 10.2 Å². The normalized spacial score (nSPS) is 35.0. The van der Waals surface area contributed by atoms with E-state index >= 15 is 0 Å². The fourth-order valence-electron chi connectivity index (χ4n) is 7.42. The van der Waals surface area contributed by atoms with Gasteiger partial charge in [0.2, 0.25) is 0 Å². The minimum atomic E-state index is -0.107. The third kappa shape index (κ3) is 4.49. The van der Waals surface area contributed by atoms with Crippen molar-refractivity contribution in [2.75, 3.05) is 5.33 Å². The molecule has 168 valence electrons. The van der Waals surface area contributed by atoms with Crippen LogP contribution >= 0.6 is 15.9 Å². The summed E-state index contributed by atoms with van der Waals surface area (Å²) in [6.45, 7) is 2.38. The highest BCUT2D eigenvalue weighted by atomic mass is 79.9. The van der Waals surface area contributed by atoms with E-state index in [2.05, 4.69) is 28.9 Å². The van der Waals surface area contributed by atoms with E-state index in [4.69, 9.17) is 0 Å². The number of phenols is 1. The Kier molecular flexibility index (Phi) is 7.51. The van der Waals surface area contributed by atoms with Crippen molar-refractivity contribution in [3.63, 3.8) is 0 Å². The van der Waals surface area contributed by atoms with Gasteiger partial charge in [-0.2, -0.15) is 0 Å². The van der Waals surface area contributed by atoms with Crippen molar-refractivity contribution in [3.8, 4) is 5.75 Å². The maximum absolute atomic E-state index is 10.8. The number of alkyl halides is 1. The number of benzene rings is 1. The van der Waals surface area contributed by atoms with Crippen LogP contribution in [-0.2, 0) is 6.42 Å². The molecule has 3 aliphatic carbocycles. The molecule has 6 atom stereocenters. The summed E-state index contributed by atoms with van der Waals surface area (Å²) < 4.78 is 0. The van der Waals surface area contributed by atoms with E-state index in [0.29, 0.717) is 23.5 Å². The van der Waals surface area contributed by atoms with Crippen LogP contribution in [0.4, 0.5) is 0 Å². The first-order chi connectivity index (χ1) is 14.5. The van der Waals surface area contributed by atoms with Crippen LogP contribution in [0.25, 0.3) is 0 Å². The molecule has 0 amide bonds. The van der Waals surface area contributed by atoms with E-state index in [1.54, 1.807) is 0 Å². The van der Waals surface area contributed by atoms with Gasteiger partial charge in [0.15, 0.2) is 0 Å². The third-order valence-corrected chi connectivity index (χ3v) is 9.60. The summed E-state index contributed by atoms with van der Waals surface area (Å²) in [6.07, 6.45) is 16.4. The van der Waals surface area contributed by atoms with Crippen LogP contribution in [-0.4, -0.2) is 21.6 Å². The Morgan fingerprint density at radius 3 is 2.50 bits per heavy atom. The van der Waals surface area contributed by atoms with Gasteiger partial charge in [-0.25, -0.2) is 0 Å². The van der Waals surface area contributed by atoms with Crippen LogP contribution in [0, 0.1) is 23.2 Å². The van der Waals surface area contributed by atoms with Crippen molar-refractivity contribution in [2.24, 2.45) is 23.2 Å². The lowest BCUT2D eigenvalue weighted by molar-refractivity contribution is -0.0396. The van der Waals surface area contributed by atoms with Gasteiger partial charge in [-0.05, 0) is 97.3 Å². The predicted octanol–water partition coefficient (Wildman–Crippen LogP) is 7.35. The van der Waals surface area contributed by atoms with E-state index in [1.165, 1.54) is 75.3 Å². The number of fused-ring (bicyclic) bond motifs is 5. The third-order valence-electron chi connectivity index (χ3n) is 9.04. The second-order valence-corrected chi connectivity index (χ2v) is 11.5. The molecule has 6 unspecified atom stereocenters. The number of rotatable bonds is 9. The Morgan fingerprint density at radius 1 is 1.00 bits per heavy atom. The number of aliphatic hydroxyl groups is 1. The summed E-state index contributed by atoms with van der Waals surface area (Å²) in [5.74, 6) is 3.16. The number of hydrogen-bond acceptors (Lipinski definition) is 2. The molecule has 2 nitrogen and oxygen atoms in total. The predicted molar refractivity (Wildman–Crippen MR) is 128 cm³/mol. The number of unbranched alkanes of at least 4 members (excludes halogenated alkanes) is 6. The Bertz CT molecular complexity index is 704. The van der Waals surface area contributed by atoms with Gasteiger partial charge >= 0.3 is 0 Å². The molecule has 0 heterocycles. The number of aromatic hydroxyl groups is 1. The van der Waals surface area contributed by atoms with Gasteiger partial charge < -0.3 is 10.2 Å². The van der Waals surface area contributed by atoms with Gasteiger partial charge in [0.25, 0.3) is 0 Å². The number of hydrogen-bond donors (Lipinski definition) is 2. The van der Waals surface area contributed by atoms with Crippen molar-refractivity contribution in [1.82, 2.24) is 0 Å². The van der Waals surface area contributed by atoms with Gasteiger partial charge in [-0.15, -0.1) is 0 Å². The summed E-state index contributed by atoms with van der Waals surface area (Å²) in [7, 11) is 0. The molecule has 2 N–H and O–H groups in total. The molecule has 1 aromatic carbocycles. The van der Waals surface area contributed by atoms with Crippen LogP contribution in [0.3, 0.4) is 0 Å². The van der Waals surface area contributed by atoms with E-state index in [0.717, 1.165) is 30.5 Å². The largest absolute Gasteiger partial charge is 0.508 e. The Morgan fingerprint density at radius 2 is 1.73 bits per heavy atom. The van der Waals surface area contributed by atoms with Crippen LogP contribution in [0.2, 0.25) is 0 Å². The zero-order valence-corrected chi connectivity index (χ0v) is 20.4. The maximum Gasteiger partial charge on any atom is 0.115 e. The first-order valence-electron chi connectivity index (χ1n) is 12.6. The molecule has 0 bridgehead atoms. The molecular formula is C27H41BrO2. The zero-order chi connectivity index (χ0) is 21.1. The molecule has 0 aromatic heterocycles. The minimum absolute atomic E-state index is 0.107. The summed E-state index contributed by atoms with van der Waals surface area (Å²) in [5, 5.41) is 22.0. The molecule has 0 saturated heterocycles. The van der Waals surface area contributed by atoms with Crippen molar-refractivity contribution in [3.05, 3.63) is 29.3 Å². The monoisotopic (exact) mass is 476 g/mol. The fraction of sp³-hybridized carbons (Fsp3) is 0.778. The van der Waals surface area contributed by atoms with E-state index in [-0.39, 0.29) is 11.5 Å². The molecule has 2 fully saturated rings. The Labute approximate surface area is 192 Å². The van der Waals surface area contributed by atoms with Crippen molar-refractivity contribution in [2.45, 2.75) is 102 Å². The van der Waals surface area contributed by atoms with Crippen LogP contribution in [0.1, 0.15) is 101 Å². The van der Waals surface area contributed by atoms with Crippen molar-refractivity contribution in [1.29, 1.82) is 0 Å². The molecule has 0 aliphatic heterocycles. The zero-order valence-electron chi connectivity index (χ0n) is 18.8. The lowest BCUT2D eigenvalue weighted by atomic mass is 9.52. The molecular weight excluding hydrogens is 436 g/mol. The summed E-state index contributed by atoms with van der Waals surface area (Å²) in [6, 6.07) is 6.14. The molecule has 0 spiro atoms. The second-order valence-electron chi connectivity index (χ2n) is 10.7. The van der Waals surface area contributed by atoms with Gasteiger partial charge in [0, 0.05) is 5.33 Å². The highest BCUT2D eigenvalue weighted by Crippen LogP contribution is 2.62. The summed E-state index contributed by atoms with van der Waals surface area (Å²) in [5.41, 5.74) is 3.03. The molecule has 30 heavy (non-hydrogen) atoms. The average Bonchev–Trinajstić information content (AvgIpc) is 3.04. The topological polar surface area (TPSA) is 40.5 Å². The quantitative estimate of drug-likeness (QED) is 0.288. The molecule has 3 aliphatic rings. The molecule has 1 aromatic rings. The van der Waals surface area contributed by atoms with Gasteiger partial charge in [-0.1, -0.05) is 67.4 Å². The van der Waals surface area contributed by atoms with E-state index < -0.39 is 0 Å². The van der Waals surface area contributed by atoms with Gasteiger partial charge in [-0.3, -0.25) is 0 Å². The number of halogens is 1. The molecule has 4 rings (SSSR count). The van der Waals surface area contributed by atoms with E-state index in [1.807, 2.05) is 12.1 Å². The average molecular weight is 478 g/mol. The standard InChI is InChI=1S/C27H41BrO2/c1-27-15-14-23-22-11-10-21(29)18-20(22)17-19(26(23)24(27)12-13-25(27)30)9-7-5-3-2-4-6-8-16-28/h10-11,18-19,23-26,29-30H,2-9,12-17H2,1H3. The first-order valence-corrected chi connectivity index (χ1v) is 13.7. The minimum Gasteiger partial charge on any atom is -0.508 e.